The SMILES string of the molecule is Cc1cccc(C)c1-c1cc2nc(n1)NS(=O)(=O)c1cccc(c1)C(=O)N(Cc1cnc3oc(C(C)(C)C)cc3n1)[C@H](CC13CC(C1)C3)CO2.[HH]. The van der Waals surface area contributed by atoms with Crippen LogP contribution in [0.5, 0.6) is 5.88 Å². The fraction of sp³-hybridized carbons (Fsp3) is 0.395. The van der Waals surface area contributed by atoms with E-state index < -0.39 is 10.0 Å². The fourth-order valence-electron chi connectivity index (χ4n) is 7.73. The maximum atomic E-state index is 14.6. The maximum Gasteiger partial charge on any atom is 0.264 e. The summed E-state index contributed by atoms with van der Waals surface area (Å²) in [6.45, 7) is 10.4. The highest BCUT2D eigenvalue weighted by atomic mass is 32.2. The first-order valence-corrected chi connectivity index (χ1v) is 18.5. The standard InChI is InChI=1S/C38H40N6O5S.H2/c1-22-8-6-9-23(2)33(22)29-14-32-42-36(41-29)43-50(46,47)28-11-7-10-25(12-28)35(45)44(27(21-48-32)18-38-15-24(16-38)17-38)20-26-19-39-34-30(40-26)13-31(49-34)37(3,4)5;/h6-14,19,24,27H,15-18,20-21H2,1-5H3,(H,41,42,43);1H/t24?,27-,38?;/m1./s1. The van der Waals surface area contributed by atoms with Gasteiger partial charge in [-0.15, -0.1) is 0 Å². The van der Waals surface area contributed by atoms with Gasteiger partial charge in [0.25, 0.3) is 15.9 Å². The second-order valence-electron chi connectivity index (χ2n) is 15.3. The van der Waals surface area contributed by atoms with Crippen LogP contribution < -0.4 is 9.46 Å². The number of ether oxygens (including phenoxy) is 1. The van der Waals surface area contributed by atoms with Gasteiger partial charge < -0.3 is 14.1 Å². The summed E-state index contributed by atoms with van der Waals surface area (Å²) in [7, 11) is -4.18. The highest BCUT2D eigenvalue weighted by molar-refractivity contribution is 7.92. The van der Waals surface area contributed by atoms with Crippen LogP contribution in [-0.4, -0.2) is 51.8 Å². The van der Waals surface area contributed by atoms with Crippen LogP contribution in [-0.2, 0) is 22.0 Å². The number of benzene rings is 2. The Morgan fingerprint density at radius 2 is 1.74 bits per heavy atom. The summed E-state index contributed by atoms with van der Waals surface area (Å²) in [5.41, 5.74) is 5.19. The Bertz CT molecular complexity index is 2250. The smallest absolute Gasteiger partial charge is 0.264 e. The lowest BCUT2D eigenvalue weighted by Gasteiger charge is -2.63. The predicted molar refractivity (Wildman–Crippen MR) is 190 cm³/mol. The number of amides is 1. The first-order valence-electron chi connectivity index (χ1n) is 17.0. The van der Waals surface area contributed by atoms with Gasteiger partial charge in [0.05, 0.1) is 35.1 Å². The van der Waals surface area contributed by atoms with E-state index in [9.17, 15) is 13.2 Å². The van der Waals surface area contributed by atoms with Gasteiger partial charge in [-0.2, -0.15) is 4.98 Å². The van der Waals surface area contributed by atoms with Crippen LogP contribution in [0.15, 0.2) is 70.1 Å². The second-order valence-corrected chi connectivity index (χ2v) is 17.0. The number of nitrogens with zero attached hydrogens (tertiary/aromatic N) is 5. The molecule has 2 aromatic carbocycles. The first kappa shape index (κ1) is 32.4. The van der Waals surface area contributed by atoms with Gasteiger partial charge in [-0.3, -0.25) is 4.79 Å². The van der Waals surface area contributed by atoms with Crippen molar-refractivity contribution in [1.29, 1.82) is 0 Å². The van der Waals surface area contributed by atoms with Gasteiger partial charge in [-0.05, 0) is 80.2 Å². The molecular formula is C38H42N6O5S. The summed E-state index contributed by atoms with van der Waals surface area (Å²) in [6.07, 6.45) is 5.78. The molecule has 1 amide bonds. The third-order valence-electron chi connectivity index (χ3n) is 10.4. The van der Waals surface area contributed by atoms with E-state index in [0.717, 1.165) is 54.1 Å². The summed E-state index contributed by atoms with van der Waals surface area (Å²) < 4.78 is 42.5. The summed E-state index contributed by atoms with van der Waals surface area (Å²) in [5.74, 6) is 1.31. The van der Waals surface area contributed by atoms with Gasteiger partial charge in [-0.25, -0.2) is 28.1 Å². The number of fused-ring (bicyclic) bond motifs is 5. The molecule has 12 heteroatoms. The van der Waals surface area contributed by atoms with Crippen molar-refractivity contribution < 1.29 is 23.8 Å². The highest BCUT2D eigenvalue weighted by Gasteiger charge is 2.57. The third-order valence-corrected chi connectivity index (χ3v) is 11.7. The van der Waals surface area contributed by atoms with Gasteiger partial charge in [0, 0.05) is 30.1 Å². The average Bonchev–Trinajstić information content (AvgIpc) is 3.46. The van der Waals surface area contributed by atoms with Crippen LogP contribution in [0, 0.1) is 25.2 Å². The normalized spacial score (nSPS) is 22.7. The molecule has 0 radical (unpaired) electrons. The number of aryl methyl sites for hydroxylation is 2. The summed E-state index contributed by atoms with van der Waals surface area (Å²) in [6, 6.07) is 15.3. The molecule has 6 bridgehead atoms. The lowest BCUT2D eigenvalue weighted by Crippen LogP contribution is -2.56. The Balaban J connectivity index is 0.00000406. The Kier molecular flexibility index (Phi) is 7.52. The molecule has 0 spiro atoms. The fourth-order valence-corrected chi connectivity index (χ4v) is 8.72. The number of anilines is 1. The molecule has 4 heterocycles. The van der Waals surface area contributed by atoms with Crippen molar-refractivity contribution in [2.45, 2.75) is 83.2 Å². The van der Waals surface area contributed by atoms with Gasteiger partial charge >= 0.3 is 0 Å². The number of carbonyl (C=O) groups excluding carboxylic acids is 1. The molecule has 11 nitrogen and oxygen atoms in total. The summed E-state index contributed by atoms with van der Waals surface area (Å²) in [5, 5.41) is 0. The van der Waals surface area contributed by atoms with Crippen LogP contribution in [0.1, 0.15) is 80.8 Å². The van der Waals surface area contributed by atoms with Crippen LogP contribution in [0.3, 0.4) is 0 Å². The molecule has 260 valence electrons. The van der Waals surface area contributed by atoms with Crippen molar-refractivity contribution in [2.75, 3.05) is 11.3 Å². The van der Waals surface area contributed by atoms with Gasteiger partial charge in [0.15, 0.2) is 0 Å². The molecule has 1 aliphatic heterocycles. The molecule has 0 saturated heterocycles. The molecule has 1 N–H and O–H groups in total. The molecule has 9 rings (SSSR count). The van der Waals surface area contributed by atoms with Crippen molar-refractivity contribution in [2.24, 2.45) is 11.3 Å². The zero-order valence-electron chi connectivity index (χ0n) is 28.9. The molecule has 4 aliphatic rings. The lowest BCUT2D eigenvalue weighted by atomic mass is 9.43. The Hall–Kier alpha value is -4.84. The zero-order chi connectivity index (χ0) is 35.0. The number of carbonyl (C=O) groups is 1. The summed E-state index contributed by atoms with van der Waals surface area (Å²) >= 11 is 0. The minimum absolute atomic E-state index is 0. The largest absolute Gasteiger partial charge is 0.475 e. The second kappa shape index (κ2) is 11.6. The predicted octanol–water partition coefficient (Wildman–Crippen LogP) is 7.23. The number of hydrogen-bond donors (Lipinski definition) is 1. The number of nitrogens with one attached hydrogen (secondary N) is 1. The number of hydrogen-bond acceptors (Lipinski definition) is 9. The van der Waals surface area contributed by atoms with E-state index in [-0.39, 0.29) is 59.6 Å². The number of sulfonamides is 1. The van der Waals surface area contributed by atoms with Crippen molar-refractivity contribution in [1.82, 2.24) is 24.8 Å². The highest BCUT2D eigenvalue weighted by Crippen LogP contribution is 2.66. The van der Waals surface area contributed by atoms with E-state index >= 15 is 0 Å². The first-order chi connectivity index (χ1) is 23.7. The van der Waals surface area contributed by atoms with E-state index in [1.54, 1.807) is 29.3 Å². The minimum atomic E-state index is -4.18. The quantitative estimate of drug-likeness (QED) is 0.202. The van der Waals surface area contributed by atoms with Crippen molar-refractivity contribution >= 4 is 33.1 Å². The molecule has 5 aromatic rings. The monoisotopic (exact) mass is 694 g/mol. The Labute approximate surface area is 293 Å². The van der Waals surface area contributed by atoms with Crippen LogP contribution >= 0.6 is 0 Å². The van der Waals surface area contributed by atoms with Gasteiger partial charge in [0.1, 0.15) is 17.9 Å². The van der Waals surface area contributed by atoms with Crippen molar-refractivity contribution in [3.63, 3.8) is 0 Å². The number of aromatic nitrogens is 4. The molecular weight excluding hydrogens is 653 g/mol. The Morgan fingerprint density at radius 3 is 2.44 bits per heavy atom. The molecule has 0 unspecified atom stereocenters. The number of rotatable bonds is 5. The summed E-state index contributed by atoms with van der Waals surface area (Å²) in [4.78, 5) is 34.9. The molecule has 3 fully saturated rings. The molecule has 3 aromatic heterocycles. The van der Waals surface area contributed by atoms with E-state index in [2.05, 4.69) is 40.4 Å². The molecule has 50 heavy (non-hydrogen) atoms. The van der Waals surface area contributed by atoms with Crippen molar-refractivity contribution in [3.05, 3.63) is 88.9 Å². The third kappa shape index (κ3) is 5.89. The Morgan fingerprint density at radius 1 is 1.00 bits per heavy atom. The molecule has 1 atom stereocenters. The van der Waals surface area contributed by atoms with E-state index in [4.69, 9.17) is 14.1 Å². The molecule has 3 aliphatic carbocycles. The number of furan rings is 1. The maximum absolute atomic E-state index is 14.6. The van der Waals surface area contributed by atoms with Crippen LogP contribution in [0.2, 0.25) is 0 Å². The van der Waals surface area contributed by atoms with Gasteiger partial charge in [-0.1, -0.05) is 45.0 Å². The lowest BCUT2D eigenvalue weighted by molar-refractivity contribution is -0.126. The van der Waals surface area contributed by atoms with Gasteiger partial charge in [0.2, 0.25) is 17.5 Å². The van der Waals surface area contributed by atoms with Crippen LogP contribution in [0.4, 0.5) is 5.95 Å². The van der Waals surface area contributed by atoms with E-state index in [0.29, 0.717) is 22.6 Å². The van der Waals surface area contributed by atoms with Crippen molar-refractivity contribution in [3.8, 4) is 17.1 Å². The van der Waals surface area contributed by atoms with E-state index in [1.165, 1.54) is 12.1 Å². The molecule has 3 saturated carbocycles. The average molecular weight is 695 g/mol. The topological polar surface area (TPSA) is 140 Å². The minimum Gasteiger partial charge on any atom is -0.475 e. The van der Waals surface area contributed by atoms with Crippen LogP contribution in [0.25, 0.3) is 22.5 Å². The van der Waals surface area contributed by atoms with E-state index in [1.807, 2.05) is 38.1 Å². The zero-order valence-corrected chi connectivity index (χ0v) is 29.7.